The van der Waals surface area contributed by atoms with E-state index in [9.17, 15) is 4.79 Å². The number of furan rings is 2. The van der Waals surface area contributed by atoms with E-state index in [2.05, 4.69) is 15.3 Å². The first-order valence-electron chi connectivity index (χ1n) is 9.65. The monoisotopic (exact) mass is 453 g/mol. The Morgan fingerprint density at radius 1 is 1.23 bits per heavy atom. The molecule has 0 N–H and O–H groups in total. The van der Waals surface area contributed by atoms with E-state index in [1.54, 1.807) is 28.9 Å². The van der Waals surface area contributed by atoms with E-state index in [1.165, 1.54) is 11.8 Å². The first-order valence-corrected chi connectivity index (χ1v) is 11.5. The number of thiophene rings is 1. The number of hydrazone groups is 1. The molecule has 0 saturated heterocycles. The van der Waals surface area contributed by atoms with Crippen molar-refractivity contribution in [3.05, 3.63) is 64.6 Å². The van der Waals surface area contributed by atoms with Gasteiger partial charge in [-0.15, -0.1) is 21.5 Å². The second-order valence-corrected chi connectivity index (χ2v) is 8.93. The first-order chi connectivity index (χ1) is 15.1. The van der Waals surface area contributed by atoms with Crippen molar-refractivity contribution in [2.24, 2.45) is 12.1 Å². The third kappa shape index (κ3) is 3.72. The standard InChI is InChI=1S/C21H19N5O3S2/c1-13-14(7-9-28-13)20-22-23-21(25(20)2)31-12-19(27)26-16(17-5-3-8-29-17)11-15(24-26)18-6-4-10-30-18/h3-10,16H,11-12H2,1-2H3/t16-/m1/s1. The van der Waals surface area contributed by atoms with E-state index in [0.717, 1.165) is 27.7 Å². The minimum Gasteiger partial charge on any atom is -0.469 e. The smallest absolute Gasteiger partial charge is 0.253 e. The van der Waals surface area contributed by atoms with Crippen LogP contribution in [0, 0.1) is 6.92 Å². The Labute approximate surface area is 186 Å². The van der Waals surface area contributed by atoms with Gasteiger partial charge in [0.2, 0.25) is 0 Å². The molecule has 0 bridgehead atoms. The van der Waals surface area contributed by atoms with Crippen LogP contribution in [-0.4, -0.2) is 37.1 Å². The molecule has 10 heteroatoms. The fourth-order valence-electron chi connectivity index (χ4n) is 3.52. The molecule has 1 aliphatic heterocycles. The number of carbonyl (C=O) groups is 1. The number of carbonyl (C=O) groups excluding carboxylic acids is 1. The highest BCUT2D eigenvalue weighted by molar-refractivity contribution is 7.99. The highest BCUT2D eigenvalue weighted by Gasteiger charge is 2.35. The number of nitrogens with zero attached hydrogens (tertiary/aromatic N) is 5. The molecule has 0 aliphatic carbocycles. The Hall–Kier alpha value is -3.11. The molecule has 0 unspecified atom stereocenters. The van der Waals surface area contributed by atoms with Gasteiger partial charge in [-0.1, -0.05) is 17.8 Å². The molecule has 0 saturated carbocycles. The van der Waals surface area contributed by atoms with Crippen LogP contribution in [0.3, 0.4) is 0 Å². The zero-order chi connectivity index (χ0) is 21.4. The zero-order valence-corrected chi connectivity index (χ0v) is 18.5. The van der Waals surface area contributed by atoms with Crippen molar-refractivity contribution >= 4 is 34.7 Å². The Morgan fingerprint density at radius 3 is 2.84 bits per heavy atom. The van der Waals surface area contributed by atoms with E-state index in [1.807, 2.05) is 54.3 Å². The van der Waals surface area contributed by atoms with Gasteiger partial charge in [-0.05, 0) is 36.6 Å². The lowest BCUT2D eigenvalue weighted by Crippen LogP contribution is -2.28. The molecule has 8 nitrogen and oxygen atoms in total. The largest absolute Gasteiger partial charge is 0.469 e. The van der Waals surface area contributed by atoms with Crippen LogP contribution in [-0.2, 0) is 11.8 Å². The number of thioether (sulfide) groups is 1. The van der Waals surface area contributed by atoms with E-state index in [0.29, 0.717) is 17.4 Å². The van der Waals surface area contributed by atoms with Gasteiger partial charge >= 0.3 is 0 Å². The Kier molecular flexibility index (Phi) is 5.24. The number of hydrogen-bond donors (Lipinski definition) is 0. The predicted molar refractivity (Wildman–Crippen MR) is 118 cm³/mol. The molecule has 0 aromatic carbocycles. The Morgan fingerprint density at radius 2 is 2.13 bits per heavy atom. The lowest BCUT2D eigenvalue weighted by atomic mass is 10.1. The lowest BCUT2D eigenvalue weighted by Gasteiger charge is -2.19. The van der Waals surface area contributed by atoms with Crippen LogP contribution < -0.4 is 0 Å². The maximum atomic E-state index is 13.1. The molecule has 0 fully saturated rings. The van der Waals surface area contributed by atoms with Gasteiger partial charge in [0.25, 0.3) is 5.91 Å². The summed E-state index contributed by atoms with van der Waals surface area (Å²) in [4.78, 5) is 14.2. The van der Waals surface area contributed by atoms with Crippen LogP contribution >= 0.6 is 23.1 Å². The van der Waals surface area contributed by atoms with Gasteiger partial charge in [0.15, 0.2) is 11.0 Å². The molecule has 1 amide bonds. The van der Waals surface area contributed by atoms with Crippen molar-refractivity contribution in [2.45, 2.75) is 24.5 Å². The molecule has 31 heavy (non-hydrogen) atoms. The highest BCUT2D eigenvalue weighted by Crippen LogP contribution is 2.35. The molecule has 5 rings (SSSR count). The second kappa shape index (κ2) is 8.20. The number of aromatic nitrogens is 3. The Balaban J connectivity index is 1.34. The van der Waals surface area contributed by atoms with Crippen molar-refractivity contribution in [3.63, 3.8) is 0 Å². The van der Waals surface area contributed by atoms with Crippen LogP contribution in [0.4, 0.5) is 0 Å². The van der Waals surface area contributed by atoms with Crippen LogP contribution in [0.15, 0.2) is 67.3 Å². The molecular formula is C21H19N5O3S2. The van der Waals surface area contributed by atoms with Crippen molar-refractivity contribution in [1.82, 2.24) is 19.8 Å². The normalized spacial score (nSPS) is 16.1. The summed E-state index contributed by atoms with van der Waals surface area (Å²) in [5.74, 6) is 2.28. The van der Waals surface area contributed by atoms with Crippen molar-refractivity contribution < 1.29 is 13.6 Å². The molecular weight excluding hydrogens is 434 g/mol. The van der Waals surface area contributed by atoms with E-state index in [4.69, 9.17) is 8.83 Å². The highest BCUT2D eigenvalue weighted by atomic mass is 32.2. The molecule has 0 spiro atoms. The van der Waals surface area contributed by atoms with E-state index in [-0.39, 0.29) is 17.7 Å². The molecule has 5 heterocycles. The summed E-state index contributed by atoms with van der Waals surface area (Å²) >= 11 is 2.95. The van der Waals surface area contributed by atoms with Crippen molar-refractivity contribution in [2.75, 3.05) is 5.75 Å². The van der Waals surface area contributed by atoms with Gasteiger partial charge in [-0.3, -0.25) is 4.79 Å². The van der Waals surface area contributed by atoms with Crippen molar-refractivity contribution in [1.29, 1.82) is 0 Å². The number of amides is 1. The van der Waals surface area contributed by atoms with E-state index >= 15 is 0 Å². The van der Waals surface area contributed by atoms with Crippen molar-refractivity contribution in [3.8, 4) is 11.4 Å². The fourth-order valence-corrected chi connectivity index (χ4v) is 5.00. The zero-order valence-electron chi connectivity index (χ0n) is 16.9. The predicted octanol–water partition coefficient (Wildman–Crippen LogP) is 4.51. The first kappa shape index (κ1) is 19.8. The number of aryl methyl sites for hydroxylation is 1. The third-order valence-electron chi connectivity index (χ3n) is 5.10. The summed E-state index contributed by atoms with van der Waals surface area (Å²) < 4.78 is 12.8. The van der Waals surface area contributed by atoms with Gasteiger partial charge < -0.3 is 13.4 Å². The van der Waals surface area contributed by atoms with Crippen LogP contribution in [0.2, 0.25) is 0 Å². The number of rotatable bonds is 6. The summed E-state index contributed by atoms with van der Waals surface area (Å²) in [5.41, 5.74) is 1.78. The third-order valence-corrected chi connectivity index (χ3v) is 7.03. The number of hydrogen-bond acceptors (Lipinski definition) is 8. The molecule has 0 radical (unpaired) electrons. The molecule has 4 aromatic heterocycles. The van der Waals surface area contributed by atoms with Crippen LogP contribution in [0.25, 0.3) is 11.4 Å². The summed E-state index contributed by atoms with van der Waals surface area (Å²) in [7, 11) is 1.88. The van der Waals surface area contributed by atoms with Gasteiger partial charge in [0.1, 0.15) is 17.6 Å². The SMILES string of the molecule is Cc1occc1-c1nnc(SCC(=O)N2N=C(c3cccs3)C[C@@H]2c2ccco2)n1C. The van der Waals surface area contributed by atoms with Crippen LogP contribution in [0.5, 0.6) is 0 Å². The average Bonchev–Trinajstić information content (AvgIpc) is 3.57. The molecule has 1 atom stereocenters. The van der Waals surface area contributed by atoms with Gasteiger partial charge in [-0.25, -0.2) is 5.01 Å². The topological polar surface area (TPSA) is 89.7 Å². The summed E-state index contributed by atoms with van der Waals surface area (Å²) in [6.45, 7) is 1.88. The van der Waals surface area contributed by atoms with Crippen LogP contribution in [0.1, 0.15) is 28.9 Å². The fraction of sp³-hybridized carbons (Fsp3) is 0.238. The van der Waals surface area contributed by atoms with E-state index < -0.39 is 0 Å². The molecule has 4 aromatic rings. The summed E-state index contributed by atoms with van der Waals surface area (Å²) in [5, 5.41) is 17.4. The second-order valence-electron chi connectivity index (χ2n) is 7.04. The Bertz CT molecular complexity index is 1220. The summed E-state index contributed by atoms with van der Waals surface area (Å²) in [6, 6.07) is 9.33. The minimum absolute atomic E-state index is 0.109. The molecule has 1 aliphatic rings. The minimum atomic E-state index is -0.246. The van der Waals surface area contributed by atoms with Gasteiger partial charge in [0, 0.05) is 13.5 Å². The molecule has 158 valence electrons. The average molecular weight is 454 g/mol. The summed E-state index contributed by atoms with van der Waals surface area (Å²) in [6.07, 6.45) is 3.87. The maximum absolute atomic E-state index is 13.1. The van der Waals surface area contributed by atoms with Gasteiger partial charge in [0.05, 0.1) is 34.4 Å². The maximum Gasteiger partial charge on any atom is 0.253 e. The van der Waals surface area contributed by atoms with Gasteiger partial charge in [-0.2, -0.15) is 5.10 Å². The lowest BCUT2D eigenvalue weighted by molar-refractivity contribution is -0.130. The quantitative estimate of drug-likeness (QED) is 0.399.